The third kappa shape index (κ3) is 5.34. The van der Waals surface area contributed by atoms with E-state index in [0.717, 1.165) is 5.56 Å². The van der Waals surface area contributed by atoms with Crippen molar-refractivity contribution >= 4 is 34.5 Å². The van der Waals surface area contributed by atoms with Crippen LogP contribution in [0.4, 0.5) is 10.1 Å². The number of anilines is 1. The molecule has 1 atom stereocenters. The van der Waals surface area contributed by atoms with Gasteiger partial charge in [0.2, 0.25) is 5.01 Å². The van der Waals surface area contributed by atoms with E-state index >= 15 is 0 Å². The zero-order valence-corrected chi connectivity index (χ0v) is 17.0. The number of hydrogen-bond acceptors (Lipinski definition) is 5. The largest absolute Gasteiger partial charge is 0.320 e. The maximum Gasteiger partial charge on any atom is 0.286 e. The summed E-state index contributed by atoms with van der Waals surface area (Å²) in [5.41, 5.74) is 1.64. The van der Waals surface area contributed by atoms with Gasteiger partial charge in [0.05, 0.1) is 6.54 Å². The van der Waals surface area contributed by atoms with E-state index in [2.05, 4.69) is 34.7 Å². The van der Waals surface area contributed by atoms with Crippen molar-refractivity contribution in [2.75, 3.05) is 5.32 Å². The van der Waals surface area contributed by atoms with Crippen LogP contribution in [0.25, 0.3) is 0 Å². The molecular formula is C20H20ClFN4OS. The molecule has 2 aromatic carbocycles. The molecule has 0 aliphatic rings. The summed E-state index contributed by atoms with van der Waals surface area (Å²) in [5, 5.41) is 15.8. The summed E-state index contributed by atoms with van der Waals surface area (Å²) in [6.07, 6.45) is 0. The number of benzene rings is 2. The Bertz CT molecular complexity index is 928. The van der Waals surface area contributed by atoms with Crippen LogP contribution in [0.1, 0.15) is 40.3 Å². The Morgan fingerprint density at radius 1 is 1.11 bits per heavy atom. The van der Waals surface area contributed by atoms with E-state index < -0.39 is 0 Å². The number of amides is 1. The normalized spacial score (nSPS) is 12.2. The second kappa shape index (κ2) is 9.23. The number of nitrogens with zero attached hydrogens (tertiary/aromatic N) is 2. The van der Waals surface area contributed by atoms with Crippen molar-refractivity contribution < 1.29 is 9.18 Å². The van der Waals surface area contributed by atoms with Crippen molar-refractivity contribution in [2.24, 2.45) is 5.92 Å². The number of carbonyl (C=O) groups excluding carboxylic acids is 1. The lowest BCUT2D eigenvalue weighted by Gasteiger charge is -2.22. The fourth-order valence-corrected chi connectivity index (χ4v) is 3.55. The molecule has 3 rings (SSSR count). The van der Waals surface area contributed by atoms with E-state index in [1.807, 2.05) is 0 Å². The van der Waals surface area contributed by atoms with Crippen LogP contribution in [-0.4, -0.2) is 16.1 Å². The van der Waals surface area contributed by atoms with E-state index in [4.69, 9.17) is 11.6 Å². The zero-order valence-electron chi connectivity index (χ0n) is 15.4. The topological polar surface area (TPSA) is 66.9 Å². The predicted molar refractivity (Wildman–Crippen MR) is 110 cm³/mol. The van der Waals surface area contributed by atoms with Crippen molar-refractivity contribution in [3.8, 4) is 0 Å². The van der Waals surface area contributed by atoms with Crippen LogP contribution in [-0.2, 0) is 6.54 Å². The third-order valence-electron chi connectivity index (χ3n) is 4.13. The Kier molecular flexibility index (Phi) is 6.72. The minimum atomic E-state index is -0.315. The minimum Gasteiger partial charge on any atom is -0.320 e. The Hall–Kier alpha value is -2.35. The molecule has 146 valence electrons. The summed E-state index contributed by atoms with van der Waals surface area (Å²) < 4.78 is 13.2. The number of hydrogen-bond donors (Lipinski definition) is 2. The van der Waals surface area contributed by atoms with Crippen LogP contribution in [0, 0.1) is 11.7 Å². The molecule has 1 aromatic heterocycles. The molecule has 0 saturated heterocycles. The molecule has 5 nitrogen and oxygen atoms in total. The monoisotopic (exact) mass is 418 g/mol. The lowest BCUT2D eigenvalue weighted by molar-refractivity contribution is 0.102. The van der Waals surface area contributed by atoms with Crippen molar-refractivity contribution in [3.63, 3.8) is 0 Å². The average Bonchev–Trinajstić information content (AvgIpc) is 3.14. The molecule has 2 N–H and O–H groups in total. The smallest absolute Gasteiger partial charge is 0.286 e. The SMILES string of the molecule is CC(C)C(NCc1nnc(C(=O)Nc2ccc(Cl)cc2)s1)c1ccc(F)cc1. The number of rotatable bonds is 7. The van der Waals surface area contributed by atoms with Crippen LogP contribution in [0.15, 0.2) is 48.5 Å². The molecule has 3 aromatic rings. The predicted octanol–water partition coefficient (Wildman–Crippen LogP) is 5.07. The summed E-state index contributed by atoms with van der Waals surface area (Å²) in [6, 6.07) is 13.3. The van der Waals surface area contributed by atoms with Crippen molar-refractivity contribution in [2.45, 2.75) is 26.4 Å². The molecule has 0 spiro atoms. The fourth-order valence-electron chi connectivity index (χ4n) is 2.74. The van der Waals surface area contributed by atoms with Gasteiger partial charge in [0.25, 0.3) is 5.91 Å². The van der Waals surface area contributed by atoms with Gasteiger partial charge in [-0.3, -0.25) is 4.79 Å². The fraction of sp³-hybridized carbons (Fsp3) is 0.250. The van der Waals surface area contributed by atoms with Gasteiger partial charge in [-0.1, -0.05) is 48.9 Å². The number of halogens is 2. The van der Waals surface area contributed by atoms with Crippen molar-refractivity contribution in [3.05, 3.63) is 74.9 Å². The highest BCUT2D eigenvalue weighted by Gasteiger charge is 2.18. The molecule has 0 radical (unpaired) electrons. The van der Waals surface area contributed by atoms with E-state index in [1.54, 1.807) is 36.4 Å². The van der Waals surface area contributed by atoms with E-state index in [0.29, 0.717) is 28.2 Å². The molecule has 28 heavy (non-hydrogen) atoms. The van der Waals surface area contributed by atoms with Gasteiger partial charge >= 0.3 is 0 Å². The molecule has 0 fully saturated rings. The minimum absolute atomic E-state index is 0.0378. The lowest BCUT2D eigenvalue weighted by Crippen LogP contribution is -2.25. The quantitative estimate of drug-likeness (QED) is 0.562. The first-order chi connectivity index (χ1) is 13.4. The maximum absolute atomic E-state index is 13.2. The van der Waals surface area contributed by atoms with Gasteiger partial charge in [0.15, 0.2) is 0 Å². The van der Waals surface area contributed by atoms with Crippen LogP contribution in [0.2, 0.25) is 5.02 Å². The number of carbonyl (C=O) groups is 1. The molecular weight excluding hydrogens is 399 g/mol. The first-order valence-corrected chi connectivity index (χ1v) is 10.00. The molecule has 0 aliphatic carbocycles. The standard InChI is InChI=1S/C20H20ClFN4OS/c1-12(2)18(13-3-7-15(22)8-4-13)23-11-17-25-26-20(28-17)19(27)24-16-9-5-14(21)6-10-16/h3-10,12,18,23H,11H2,1-2H3,(H,24,27). The summed E-state index contributed by atoms with van der Waals surface area (Å²) in [5.74, 6) is -0.275. The molecule has 8 heteroatoms. The third-order valence-corrected chi connectivity index (χ3v) is 5.31. The van der Waals surface area contributed by atoms with Gasteiger partial charge in [-0.2, -0.15) is 0 Å². The molecule has 1 amide bonds. The number of nitrogens with one attached hydrogen (secondary N) is 2. The number of aromatic nitrogens is 2. The van der Waals surface area contributed by atoms with Gasteiger partial charge < -0.3 is 10.6 Å². The van der Waals surface area contributed by atoms with Gasteiger partial charge in [0.1, 0.15) is 10.8 Å². The highest BCUT2D eigenvalue weighted by molar-refractivity contribution is 7.13. The van der Waals surface area contributed by atoms with Gasteiger partial charge in [-0.25, -0.2) is 4.39 Å². The van der Waals surface area contributed by atoms with Crippen molar-refractivity contribution in [1.29, 1.82) is 0 Å². The summed E-state index contributed by atoms with van der Waals surface area (Å²) in [6.45, 7) is 4.64. The second-order valence-electron chi connectivity index (χ2n) is 6.62. The van der Waals surface area contributed by atoms with Gasteiger partial charge in [0, 0.05) is 16.8 Å². The molecule has 0 saturated carbocycles. The summed E-state index contributed by atoms with van der Waals surface area (Å²) in [7, 11) is 0. The van der Waals surface area contributed by atoms with E-state index in [-0.39, 0.29) is 22.8 Å². The first kappa shape index (κ1) is 20.4. The zero-order chi connectivity index (χ0) is 20.1. The Labute approximate surface area is 172 Å². The second-order valence-corrected chi connectivity index (χ2v) is 8.11. The molecule has 1 unspecified atom stereocenters. The Balaban J connectivity index is 1.62. The summed E-state index contributed by atoms with van der Waals surface area (Å²) >= 11 is 7.08. The summed E-state index contributed by atoms with van der Waals surface area (Å²) in [4.78, 5) is 12.3. The lowest BCUT2D eigenvalue weighted by atomic mass is 9.96. The highest BCUT2D eigenvalue weighted by atomic mass is 35.5. The van der Waals surface area contributed by atoms with Crippen LogP contribution in [0.3, 0.4) is 0 Å². The average molecular weight is 419 g/mol. The van der Waals surface area contributed by atoms with Gasteiger partial charge in [-0.15, -0.1) is 10.2 Å². The maximum atomic E-state index is 13.2. The highest BCUT2D eigenvalue weighted by Crippen LogP contribution is 2.23. The molecule has 0 aliphatic heterocycles. The van der Waals surface area contributed by atoms with Gasteiger partial charge in [-0.05, 0) is 47.9 Å². The van der Waals surface area contributed by atoms with Crippen LogP contribution in [0.5, 0.6) is 0 Å². The Morgan fingerprint density at radius 2 is 1.79 bits per heavy atom. The van der Waals surface area contributed by atoms with Crippen molar-refractivity contribution in [1.82, 2.24) is 15.5 Å². The van der Waals surface area contributed by atoms with Crippen LogP contribution >= 0.6 is 22.9 Å². The molecule has 1 heterocycles. The first-order valence-electron chi connectivity index (χ1n) is 8.80. The Morgan fingerprint density at radius 3 is 2.43 bits per heavy atom. The molecule has 0 bridgehead atoms. The van der Waals surface area contributed by atoms with Crippen LogP contribution < -0.4 is 10.6 Å². The van der Waals surface area contributed by atoms with E-state index in [9.17, 15) is 9.18 Å². The van der Waals surface area contributed by atoms with E-state index in [1.165, 1.54) is 23.5 Å².